The van der Waals surface area contributed by atoms with Crippen LogP contribution in [0.5, 0.6) is 0 Å². The molecule has 0 aliphatic carbocycles. The summed E-state index contributed by atoms with van der Waals surface area (Å²) < 4.78 is 1.80. The lowest BCUT2D eigenvalue weighted by atomic mass is 10.1. The van der Waals surface area contributed by atoms with Gasteiger partial charge in [-0.2, -0.15) is 10.2 Å². The van der Waals surface area contributed by atoms with E-state index in [0.29, 0.717) is 18.8 Å². The van der Waals surface area contributed by atoms with Gasteiger partial charge < -0.3 is 10.0 Å². The van der Waals surface area contributed by atoms with Gasteiger partial charge in [0.25, 0.3) is 5.91 Å². The number of nitrogens with one attached hydrogen (secondary N) is 1. The Morgan fingerprint density at radius 3 is 2.70 bits per heavy atom. The van der Waals surface area contributed by atoms with Crippen molar-refractivity contribution in [2.24, 2.45) is 7.05 Å². The molecule has 1 aliphatic rings. The summed E-state index contributed by atoms with van der Waals surface area (Å²) in [5, 5.41) is 20.6. The molecule has 3 heterocycles. The molecule has 20 heavy (non-hydrogen) atoms. The first-order valence-corrected chi connectivity index (χ1v) is 6.50. The molecule has 1 fully saturated rings. The van der Waals surface area contributed by atoms with E-state index in [1.807, 2.05) is 20.9 Å². The van der Waals surface area contributed by atoms with Crippen LogP contribution in [-0.4, -0.2) is 55.1 Å². The number of hydrogen-bond donors (Lipinski definition) is 2. The molecule has 7 heteroatoms. The van der Waals surface area contributed by atoms with Gasteiger partial charge >= 0.3 is 0 Å². The second-order valence-corrected chi connectivity index (χ2v) is 5.20. The van der Waals surface area contributed by atoms with E-state index in [2.05, 4.69) is 15.3 Å². The Labute approximate surface area is 116 Å². The number of amides is 1. The van der Waals surface area contributed by atoms with Gasteiger partial charge in [-0.3, -0.25) is 14.6 Å². The van der Waals surface area contributed by atoms with E-state index in [-0.39, 0.29) is 5.91 Å². The van der Waals surface area contributed by atoms with Crippen molar-refractivity contribution < 1.29 is 9.90 Å². The number of β-amino-alcohol motifs (C(OH)–C–C–N with tert-alkyl or cyclic N) is 1. The fourth-order valence-corrected chi connectivity index (χ4v) is 2.50. The zero-order valence-electron chi connectivity index (χ0n) is 11.7. The summed E-state index contributed by atoms with van der Waals surface area (Å²) in [5.74, 6) is -0.131. The minimum absolute atomic E-state index is 0.131. The van der Waals surface area contributed by atoms with Crippen molar-refractivity contribution in [2.45, 2.75) is 20.0 Å². The quantitative estimate of drug-likeness (QED) is 0.822. The number of hydrogen-bond acceptors (Lipinski definition) is 4. The Morgan fingerprint density at radius 2 is 2.15 bits per heavy atom. The Hall–Kier alpha value is -2.15. The number of carbonyl (C=O) groups is 1. The molecule has 0 bridgehead atoms. The van der Waals surface area contributed by atoms with Gasteiger partial charge in [0.2, 0.25) is 0 Å². The number of likely N-dealkylation sites (tertiary alicyclic amines) is 1. The number of rotatable bonds is 2. The van der Waals surface area contributed by atoms with Crippen molar-refractivity contribution in [3.8, 4) is 11.3 Å². The highest BCUT2D eigenvalue weighted by Crippen LogP contribution is 2.25. The molecule has 1 amide bonds. The van der Waals surface area contributed by atoms with Gasteiger partial charge in [0.05, 0.1) is 17.5 Å². The predicted molar refractivity (Wildman–Crippen MR) is 72.2 cm³/mol. The number of aliphatic hydroxyl groups excluding tert-OH is 1. The van der Waals surface area contributed by atoms with Crippen LogP contribution in [0.15, 0.2) is 6.07 Å². The summed E-state index contributed by atoms with van der Waals surface area (Å²) >= 11 is 0. The molecular formula is C13H17N5O2. The van der Waals surface area contributed by atoms with Crippen LogP contribution in [0.3, 0.4) is 0 Å². The smallest absolute Gasteiger partial charge is 0.272 e. The fourth-order valence-electron chi connectivity index (χ4n) is 2.50. The first-order valence-electron chi connectivity index (χ1n) is 6.50. The zero-order chi connectivity index (χ0) is 14.4. The van der Waals surface area contributed by atoms with Crippen LogP contribution >= 0.6 is 0 Å². The van der Waals surface area contributed by atoms with Crippen molar-refractivity contribution >= 4 is 5.91 Å². The monoisotopic (exact) mass is 275 g/mol. The van der Waals surface area contributed by atoms with Crippen molar-refractivity contribution in [2.75, 3.05) is 13.1 Å². The highest BCUT2D eigenvalue weighted by Gasteiger charge is 2.30. The van der Waals surface area contributed by atoms with Gasteiger partial charge in [0, 0.05) is 31.4 Å². The van der Waals surface area contributed by atoms with Gasteiger partial charge in [-0.25, -0.2) is 0 Å². The number of aliphatic hydroxyl groups is 1. The second-order valence-electron chi connectivity index (χ2n) is 5.20. The maximum atomic E-state index is 12.1. The third-order valence-corrected chi connectivity index (χ3v) is 3.72. The van der Waals surface area contributed by atoms with E-state index in [4.69, 9.17) is 0 Å². The number of nitrogens with zero attached hydrogens (tertiary/aromatic N) is 4. The van der Waals surface area contributed by atoms with E-state index < -0.39 is 6.10 Å². The lowest BCUT2D eigenvalue weighted by Crippen LogP contribution is -2.53. The molecule has 106 valence electrons. The third-order valence-electron chi connectivity index (χ3n) is 3.72. The molecule has 0 saturated carbocycles. The Balaban J connectivity index is 1.88. The zero-order valence-corrected chi connectivity index (χ0v) is 11.7. The van der Waals surface area contributed by atoms with Crippen LogP contribution in [0.4, 0.5) is 0 Å². The lowest BCUT2D eigenvalue weighted by molar-refractivity contribution is 0.00550. The van der Waals surface area contributed by atoms with Crippen LogP contribution in [0.2, 0.25) is 0 Å². The first-order chi connectivity index (χ1) is 9.47. The average molecular weight is 275 g/mol. The molecule has 3 rings (SSSR count). The maximum Gasteiger partial charge on any atom is 0.272 e. The van der Waals surface area contributed by atoms with Gasteiger partial charge in [0.1, 0.15) is 5.69 Å². The number of carbonyl (C=O) groups excluding carboxylic acids is 1. The summed E-state index contributed by atoms with van der Waals surface area (Å²) in [5.41, 5.74) is 4.00. The minimum Gasteiger partial charge on any atom is -0.389 e. The van der Waals surface area contributed by atoms with Crippen LogP contribution in [-0.2, 0) is 7.05 Å². The summed E-state index contributed by atoms with van der Waals surface area (Å²) in [6.07, 6.45) is -0.399. The normalized spacial score (nSPS) is 15.5. The maximum absolute atomic E-state index is 12.1. The molecule has 0 unspecified atom stereocenters. The molecule has 2 aromatic rings. The van der Waals surface area contributed by atoms with Gasteiger partial charge in [-0.1, -0.05) is 0 Å². The molecule has 0 spiro atoms. The molecule has 1 aliphatic heterocycles. The molecule has 2 aromatic heterocycles. The van der Waals surface area contributed by atoms with Crippen molar-refractivity contribution in [3.63, 3.8) is 0 Å². The van der Waals surface area contributed by atoms with E-state index in [9.17, 15) is 9.90 Å². The number of aromatic nitrogens is 4. The number of aryl methyl sites for hydroxylation is 2. The summed E-state index contributed by atoms with van der Waals surface area (Å²) in [7, 11) is 1.88. The number of aromatic amines is 1. The first kappa shape index (κ1) is 12.9. The Morgan fingerprint density at radius 1 is 1.45 bits per heavy atom. The molecular weight excluding hydrogens is 258 g/mol. The molecule has 7 nitrogen and oxygen atoms in total. The largest absolute Gasteiger partial charge is 0.389 e. The van der Waals surface area contributed by atoms with Gasteiger partial charge in [-0.15, -0.1) is 0 Å². The molecule has 0 radical (unpaired) electrons. The lowest BCUT2D eigenvalue weighted by Gasteiger charge is -2.35. The van der Waals surface area contributed by atoms with Crippen LogP contribution in [0.1, 0.15) is 21.9 Å². The van der Waals surface area contributed by atoms with Crippen molar-refractivity contribution in [1.29, 1.82) is 0 Å². The summed E-state index contributed by atoms with van der Waals surface area (Å²) in [6.45, 7) is 4.66. The van der Waals surface area contributed by atoms with Gasteiger partial charge in [-0.05, 0) is 19.9 Å². The standard InChI is InChI=1S/C13H17N5O2/c1-7-12(8(2)17(3)16-7)10-4-11(15-14-10)13(20)18-5-9(19)6-18/h4,9,19H,5-6H2,1-3H3,(H,14,15). The fraction of sp³-hybridized carbons (Fsp3) is 0.462. The van der Waals surface area contributed by atoms with Crippen LogP contribution in [0, 0.1) is 13.8 Å². The van der Waals surface area contributed by atoms with Gasteiger partial charge in [0.15, 0.2) is 0 Å². The summed E-state index contributed by atoms with van der Waals surface area (Å²) in [4.78, 5) is 13.7. The van der Waals surface area contributed by atoms with Crippen LogP contribution < -0.4 is 0 Å². The molecule has 1 saturated heterocycles. The highest BCUT2D eigenvalue weighted by atomic mass is 16.3. The highest BCUT2D eigenvalue weighted by molar-refractivity contribution is 5.94. The molecule has 2 N–H and O–H groups in total. The Kier molecular flexibility index (Phi) is 2.86. The molecule has 0 atom stereocenters. The SMILES string of the molecule is Cc1nn(C)c(C)c1-c1cc(C(=O)N2CC(O)C2)[nH]n1. The molecule has 0 aromatic carbocycles. The van der Waals surface area contributed by atoms with Crippen molar-refractivity contribution in [3.05, 3.63) is 23.1 Å². The Bertz CT molecular complexity index is 666. The average Bonchev–Trinajstić information content (AvgIpc) is 2.91. The van der Waals surface area contributed by atoms with E-state index in [1.165, 1.54) is 0 Å². The predicted octanol–water partition coefficient (Wildman–Crippen LogP) is 0.244. The van der Waals surface area contributed by atoms with Crippen molar-refractivity contribution in [1.82, 2.24) is 24.9 Å². The van der Waals surface area contributed by atoms with E-state index >= 15 is 0 Å². The third kappa shape index (κ3) is 1.90. The van der Waals surface area contributed by atoms with E-state index in [0.717, 1.165) is 22.6 Å². The van der Waals surface area contributed by atoms with E-state index in [1.54, 1.807) is 15.6 Å². The summed E-state index contributed by atoms with van der Waals surface area (Å²) in [6, 6.07) is 1.74. The second kappa shape index (κ2) is 4.45. The minimum atomic E-state index is -0.399. The van der Waals surface area contributed by atoms with Crippen LogP contribution in [0.25, 0.3) is 11.3 Å². The topological polar surface area (TPSA) is 87.0 Å². The number of H-pyrrole nitrogens is 1.